The number of hydrogen-bond donors (Lipinski definition) is 2. The average molecular weight is 286 g/mol. The van der Waals surface area contributed by atoms with Crippen LogP contribution in [0.1, 0.15) is 72.6 Å². The molecule has 4 nitrogen and oxygen atoms in total. The van der Waals surface area contributed by atoms with Crippen molar-refractivity contribution in [1.29, 1.82) is 0 Å². The normalized spacial score (nSPS) is 12.1. The summed E-state index contributed by atoms with van der Waals surface area (Å²) >= 11 is 0. The molecule has 0 aliphatic heterocycles. The predicted molar refractivity (Wildman–Crippen MR) is 79.7 cm³/mol. The van der Waals surface area contributed by atoms with E-state index in [2.05, 4.69) is 0 Å². The molecular formula is C16H30O4. The van der Waals surface area contributed by atoms with Crippen molar-refractivity contribution >= 4 is 11.9 Å². The standard InChI is InChI=1S/C16H30O4/c1-5-12(6-2)16(15(19)20,13(7-3)8-4)11-9-10-14(17)18/h12-13H,5-11H2,1-4H3,(H,17,18)(H,19,20). The van der Waals surface area contributed by atoms with E-state index in [1.165, 1.54) is 0 Å². The van der Waals surface area contributed by atoms with E-state index in [4.69, 9.17) is 5.11 Å². The predicted octanol–water partition coefficient (Wildman–Crippen LogP) is 4.18. The first-order chi connectivity index (χ1) is 9.40. The van der Waals surface area contributed by atoms with Gasteiger partial charge in [-0.3, -0.25) is 9.59 Å². The van der Waals surface area contributed by atoms with Crippen LogP contribution in [-0.4, -0.2) is 22.2 Å². The zero-order valence-corrected chi connectivity index (χ0v) is 13.3. The molecule has 4 heteroatoms. The minimum atomic E-state index is -0.849. The van der Waals surface area contributed by atoms with Crippen LogP contribution in [-0.2, 0) is 9.59 Å². The molecule has 2 N–H and O–H groups in total. The summed E-state index contributed by atoms with van der Waals surface area (Å²) in [5.74, 6) is -1.37. The topological polar surface area (TPSA) is 74.6 Å². The Hall–Kier alpha value is -1.06. The van der Waals surface area contributed by atoms with Gasteiger partial charge in [0.25, 0.3) is 0 Å². The number of carboxylic acid groups (broad SMARTS) is 2. The molecule has 0 aromatic rings. The van der Waals surface area contributed by atoms with E-state index in [-0.39, 0.29) is 18.3 Å². The molecule has 0 aromatic heterocycles. The zero-order chi connectivity index (χ0) is 15.8. The zero-order valence-electron chi connectivity index (χ0n) is 13.3. The van der Waals surface area contributed by atoms with Crippen LogP contribution in [0.4, 0.5) is 0 Å². The van der Waals surface area contributed by atoms with Crippen molar-refractivity contribution in [1.82, 2.24) is 0 Å². The van der Waals surface area contributed by atoms with Gasteiger partial charge in [-0.1, -0.05) is 53.4 Å². The lowest BCUT2D eigenvalue weighted by Gasteiger charge is -2.42. The number of aliphatic carboxylic acids is 2. The summed E-state index contributed by atoms with van der Waals surface area (Å²) in [5, 5.41) is 18.7. The van der Waals surface area contributed by atoms with Gasteiger partial charge in [0.1, 0.15) is 0 Å². The van der Waals surface area contributed by atoms with Crippen molar-refractivity contribution in [2.45, 2.75) is 72.6 Å². The molecule has 0 fully saturated rings. The minimum absolute atomic E-state index is 0.0509. The fraction of sp³-hybridized carbons (Fsp3) is 0.875. The molecule has 0 aromatic carbocycles. The molecule has 0 bridgehead atoms. The first kappa shape index (κ1) is 18.9. The molecule has 118 valence electrons. The largest absolute Gasteiger partial charge is 0.481 e. The summed E-state index contributed by atoms with van der Waals surface area (Å²) in [6.45, 7) is 8.13. The highest BCUT2D eigenvalue weighted by molar-refractivity contribution is 5.75. The minimum Gasteiger partial charge on any atom is -0.481 e. The van der Waals surface area contributed by atoms with Gasteiger partial charge in [-0.05, 0) is 24.7 Å². The SMILES string of the molecule is CCC(CC)C(CCCC(=O)O)(C(=O)O)C(CC)CC. The third kappa shape index (κ3) is 4.22. The molecule has 0 aliphatic rings. The van der Waals surface area contributed by atoms with Gasteiger partial charge in [-0.2, -0.15) is 0 Å². The van der Waals surface area contributed by atoms with Crippen LogP contribution in [0.25, 0.3) is 0 Å². The molecule has 0 radical (unpaired) electrons. The van der Waals surface area contributed by atoms with Crippen LogP contribution in [0.3, 0.4) is 0 Å². The van der Waals surface area contributed by atoms with Crippen molar-refractivity contribution in [3.8, 4) is 0 Å². The van der Waals surface area contributed by atoms with Crippen LogP contribution < -0.4 is 0 Å². The van der Waals surface area contributed by atoms with Gasteiger partial charge in [0.05, 0.1) is 5.41 Å². The Bertz CT molecular complexity index is 292. The molecule has 20 heavy (non-hydrogen) atoms. The van der Waals surface area contributed by atoms with Crippen LogP contribution in [0, 0.1) is 17.3 Å². The molecule has 0 saturated heterocycles. The van der Waals surface area contributed by atoms with E-state index in [0.717, 1.165) is 25.7 Å². The maximum absolute atomic E-state index is 12.1. The number of rotatable bonds is 11. The second-order valence-corrected chi connectivity index (χ2v) is 5.62. The van der Waals surface area contributed by atoms with Gasteiger partial charge >= 0.3 is 11.9 Å². The first-order valence-electron chi connectivity index (χ1n) is 7.85. The van der Waals surface area contributed by atoms with E-state index in [0.29, 0.717) is 12.8 Å². The maximum Gasteiger partial charge on any atom is 0.310 e. The van der Waals surface area contributed by atoms with Crippen LogP contribution in [0.5, 0.6) is 0 Å². The third-order valence-electron chi connectivity index (χ3n) is 4.81. The smallest absolute Gasteiger partial charge is 0.310 e. The van der Waals surface area contributed by atoms with E-state index < -0.39 is 17.4 Å². The Morgan fingerprint density at radius 1 is 0.900 bits per heavy atom. The average Bonchev–Trinajstić information content (AvgIpc) is 2.39. The van der Waals surface area contributed by atoms with E-state index in [1.54, 1.807) is 0 Å². The van der Waals surface area contributed by atoms with E-state index >= 15 is 0 Å². The molecule has 0 spiro atoms. The van der Waals surface area contributed by atoms with Crippen LogP contribution in [0.15, 0.2) is 0 Å². The molecule has 0 aliphatic carbocycles. The highest BCUT2D eigenvalue weighted by atomic mass is 16.4. The summed E-state index contributed by atoms with van der Waals surface area (Å²) in [6.07, 6.45) is 4.26. The van der Waals surface area contributed by atoms with Crippen molar-refractivity contribution in [3.63, 3.8) is 0 Å². The van der Waals surface area contributed by atoms with Gasteiger partial charge in [0.15, 0.2) is 0 Å². The van der Waals surface area contributed by atoms with Gasteiger partial charge in [-0.25, -0.2) is 0 Å². The van der Waals surface area contributed by atoms with Crippen molar-refractivity contribution in [3.05, 3.63) is 0 Å². The summed E-state index contributed by atoms with van der Waals surface area (Å²) in [5.41, 5.74) is -0.775. The van der Waals surface area contributed by atoms with E-state index in [1.807, 2.05) is 27.7 Å². The Labute approximate surface area is 122 Å². The second kappa shape index (κ2) is 8.98. The Morgan fingerprint density at radius 2 is 1.30 bits per heavy atom. The number of carboxylic acids is 2. The highest BCUT2D eigenvalue weighted by Gasteiger charge is 2.48. The number of hydrogen-bond acceptors (Lipinski definition) is 2. The lowest BCUT2D eigenvalue weighted by atomic mass is 9.60. The monoisotopic (exact) mass is 286 g/mol. The number of carbonyl (C=O) groups is 2. The van der Waals surface area contributed by atoms with Crippen LogP contribution in [0.2, 0.25) is 0 Å². The molecule has 0 amide bonds. The fourth-order valence-corrected chi connectivity index (χ4v) is 3.76. The lowest BCUT2D eigenvalue weighted by Crippen LogP contribution is -2.45. The summed E-state index contributed by atoms with van der Waals surface area (Å²) < 4.78 is 0. The van der Waals surface area contributed by atoms with E-state index in [9.17, 15) is 14.7 Å². The summed E-state index contributed by atoms with van der Waals surface area (Å²) in [4.78, 5) is 22.8. The molecule has 0 rings (SSSR count). The quantitative estimate of drug-likeness (QED) is 0.597. The van der Waals surface area contributed by atoms with Crippen molar-refractivity contribution in [2.75, 3.05) is 0 Å². The second-order valence-electron chi connectivity index (χ2n) is 5.62. The Balaban J connectivity index is 5.42. The van der Waals surface area contributed by atoms with Gasteiger partial charge in [0, 0.05) is 6.42 Å². The molecule has 0 saturated carbocycles. The lowest BCUT2D eigenvalue weighted by molar-refractivity contribution is -0.160. The van der Waals surface area contributed by atoms with Gasteiger partial charge in [0.2, 0.25) is 0 Å². The molecule has 0 unspecified atom stereocenters. The maximum atomic E-state index is 12.1. The Morgan fingerprint density at radius 3 is 1.55 bits per heavy atom. The highest BCUT2D eigenvalue weighted by Crippen LogP contribution is 2.47. The summed E-state index contributed by atoms with van der Waals surface area (Å²) in [7, 11) is 0. The van der Waals surface area contributed by atoms with Crippen molar-refractivity contribution < 1.29 is 19.8 Å². The van der Waals surface area contributed by atoms with Crippen LogP contribution >= 0.6 is 0 Å². The van der Waals surface area contributed by atoms with Gasteiger partial charge < -0.3 is 10.2 Å². The van der Waals surface area contributed by atoms with Crippen molar-refractivity contribution in [2.24, 2.45) is 17.3 Å². The molecule has 0 heterocycles. The fourth-order valence-electron chi connectivity index (χ4n) is 3.76. The molecule has 0 atom stereocenters. The molecular weight excluding hydrogens is 256 g/mol. The van der Waals surface area contributed by atoms with Gasteiger partial charge in [-0.15, -0.1) is 0 Å². The first-order valence-corrected chi connectivity index (χ1v) is 7.85. The summed E-state index contributed by atoms with van der Waals surface area (Å²) in [6, 6.07) is 0. The Kier molecular flexibility index (Phi) is 8.51. The third-order valence-corrected chi connectivity index (χ3v) is 4.81.